The second-order valence-corrected chi connectivity index (χ2v) is 6.08. The Morgan fingerprint density at radius 2 is 2.00 bits per heavy atom. The number of hydrogen-bond donors (Lipinski definition) is 2. The summed E-state index contributed by atoms with van der Waals surface area (Å²) < 4.78 is 13.8. The normalized spacial score (nSPS) is 10.6. The molecule has 0 amide bonds. The topological polar surface area (TPSA) is 60.2 Å². The summed E-state index contributed by atoms with van der Waals surface area (Å²) in [6.07, 6.45) is 0. The van der Waals surface area contributed by atoms with Gasteiger partial charge in [-0.05, 0) is 31.2 Å². The van der Waals surface area contributed by atoms with E-state index in [2.05, 4.69) is 34.7 Å². The third kappa shape index (κ3) is 5.80. The van der Waals surface area contributed by atoms with Gasteiger partial charge in [-0.25, -0.2) is 4.39 Å². The van der Waals surface area contributed by atoms with Crippen molar-refractivity contribution in [2.45, 2.75) is 20.0 Å². The summed E-state index contributed by atoms with van der Waals surface area (Å²) in [6, 6.07) is 10.5. The maximum atomic E-state index is 13.8. The summed E-state index contributed by atoms with van der Waals surface area (Å²) in [7, 11) is 1.67. The number of nitriles is 1. The van der Waals surface area contributed by atoms with Crippen LogP contribution in [0.3, 0.4) is 0 Å². The lowest BCUT2D eigenvalue weighted by Gasteiger charge is -2.11. The molecule has 0 aliphatic carbocycles. The van der Waals surface area contributed by atoms with Crippen LogP contribution in [0.2, 0.25) is 0 Å². The Morgan fingerprint density at radius 1 is 1.26 bits per heavy atom. The van der Waals surface area contributed by atoms with Crippen LogP contribution in [0.25, 0.3) is 0 Å². The number of thiophene rings is 1. The van der Waals surface area contributed by atoms with Gasteiger partial charge in [0.05, 0.1) is 18.2 Å². The lowest BCUT2D eigenvalue weighted by Crippen LogP contribution is -2.36. The number of aryl methyl sites for hydroxylation is 1. The van der Waals surface area contributed by atoms with Gasteiger partial charge in [0.1, 0.15) is 5.82 Å². The molecule has 2 N–H and O–H groups in total. The number of aliphatic imine (C=N–C) groups is 1. The van der Waals surface area contributed by atoms with E-state index in [0.717, 1.165) is 0 Å². The molecular weight excluding hydrogens is 426 g/mol. The Balaban J connectivity index is 0.00000264. The van der Waals surface area contributed by atoms with E-state index in [9.17, 15) is 4.39 Å². The Kier molecular flexibility index (Phi) is 7.98. The molecule has 2 rings (SSSR count). The standard InChI is InChI=1S/C16H17FN4S.HI/c1-11-3-6-14(22-11)10-21-16(19-2)20-9-13-5-4-12(8-18)7-15(13)17;/h3-7H,9-10H2,1-2H3,(H2,19,20,21);1H. The summed E-state index contributed by atoms with van der Waals surface area (Å²) in [4.78, 5) is 6.59. The fourth-order valence-corrected chi connectivity index (χ4v) is 2.74. The van der Waals surface area contributed by atoms with Gasteiger partial charge in [-0.3, -0.25) is 4.99 Å². The van der Waals surface area contributed by atoms with Crippen molar-refractivity contribution in [3.05, 3.63) is 57.0 Å². The SMILES string of the molecule is CN=C(NCc1ccc(C)s1)NCc1ccc(C#N)cc1F.I. The first kappa shape index (κ1) is 19.4. The molecule has 0 bridgehead atoms. The third-order valence-corrected chi connectivity index (χ3v) is 4.08. The maximum absolute atomic E-state index is 13.8. The van der Waals surface area contributed by atoms with Crippen molar-refractivity contribution in [3.63, 3.8) is 0 Å². The van der Waals surface area contributed by atoms with Gasteiger partial charge < -0.3 is 10.6 Å². The van der Waals surface area contributed by atoms with Crippen LogP contribution in [-0.2, 0) is 13.1 Å². The van der Waals surface area contributed by atoms with Crippen molar-refractivity contribution in [2.75, 3.05) is 7.05 Å². The van der Waals surface area contributed by atoms with Crippen LogP contribution in [0, 0.1) is 24.1 Å². The molecule has 2 aromatic rings. The van der Waals surface area contributed by atoms with Crippen molar-refractivity contribution < 1.29 is 4.39 Å². The zero-order valence-electron chi connectivity index (χ0n) is 12.9. The number of hydrogen-bond acceptors (Lipinski definition) is 3. The fraction of sp³-hybridized carbons (Fsp3) is 0.250. The first-order valence-corrected chi connectivity index (χ1v) is 7.62. The van der Waals surface area contributed by atoms with Gasteiger partial charge in [0.15, 0.2) is 5.96 Å². The summed E-state index contributed by atoms with van der Waals surface area (Å²) >= 11 is 1.73. The zero-order valence-corrected chi connectivity index (χ0v) is 16.0. The molecule has 122 valence electrons. The van der Waals surface area contributed by atoms with Gasteiger partial charge in [-0.1, -0.05) is 6.07 Å². The summed E-state index contributed by atoms with van der Waals surface area (Å²) in [5, 5.41) is 15.0. The number of nitrogens with one attached hydrogen (secondary N) is 2. The molecule has 0 fully saturated rings. The number of benzene rings is 1. The number of rotatable bonds is 4. The van der Waals surface area contributed by atoms with Crippen molar-refractivity contribution in [1.29, 1.82) is 5.26 Å². The van der Waals surface area contributed by atoms with Crippen molar-refractivity contribution >= 4 is 41.3 Å². The molecule has 1 aromatic heterocycles. The van der Waals surface area contributed by atoms with E-state index in [4.69, 9.17) is 5.26 Å². The first-order chi connectivity index (χ1) is 10.6. The summed E-state index contributed by atoms with van der Waals surface area (Å²) in [5.41, 5.74) is 0.811. The van der Waals surface area contributed by atoms with Crippen LogP contribution in [0.15, 0.2) is 35.3 Å². The van der Waals surface area contributed by atoms with E-state index in [1.54, 1.807) is 30.5 Å². The third-order valence-electron chi connectivity index (χ3n) is 3.08. The predicted octanol–water partition coefficient (Wildman–Crippen LogP) is 3.55. The van der Waals surface area contributed by atoms with E-state index >= 15 is 0 Å². The highest BCUT2D eigenvalue weighted by molar-refractivity contribution is 14.0. The molecule has 0 unspecified atom stereocenters. The Morgan fingerprint density at radius 3 is 2.57 bits per heavy atom. The Bertz CT molecular complexity index is 721. The van der Waals surface area contributed by atoms with Gasteiger partial charge >= 0.3 is 0 Å². The predicted molar refractivity (Wildman–Crippen MR) is 103 cm³/mol. The molecule has 0 spiro atoms. The van der Waals surface area contributed by atoms with E-state index < -0.39 is 5.82 Å². The van der Waals surface area contributed by atoms with Gasteiger partial charge in [-0.2, -0.15) is 5.26 Å². The molecule has 0 saturated carbocycles. The zero-order chi connectivity index (χ0) is 15.9. The van der Waals surface area contributed by atoms with E-state index in [1.165, 1.54) is 15.8 Å². The van der Waals surface area contributed by atoms with E-state index in [-0.39, 0.29) is 24.0 Å². The summed E-state index contributed by atoms with van der Waals surface area (Å²) in [6.45, 7) is 3.05. The Labute approximate surface area is 156 Å². The Hall–Kier alpha value is -1.66. The van der Waals surface area contributed by atoms with Crippen LogP contribution in [0.5, 0.6) is 0 Å². The minimum absolute atomic E-state index is 0. The second kappa shape index (κ2) is 9.47. The van der Waals surface area contributed by atoms with Gasteiger partial charge in [0, 0.05) is 28.9 Å². The van der Waals surface area contributed by atoms with Crippen LogP contribution >= 0.6 is 35.3 Å². The average molecular weight is 444 g/mol. The summed E-state index contributed by atoms with van der Waals surface area (Å²) in [5.74, 6) is 0.214. The fourth-order valence-electron chi connectivity index (χ4n) is 1.91. The highest BCUT2D eigenvalue weighted by Gasteiger charge is 2.05. The van der Waals surface area contributed by atoms with Crippen molar-refractivity contribution in [1.82, 2.24) is 10.6 Å². The van der Waals surface area contributed by atoms with Crippen molar-refractivity contribution in [2.24, 2.45) is 4.99 Å². The van der Waals surface area contributed by atoms with Crippen molar-refractivity contribution in [3.8, 4) is 6.07 Å². The molecule has 0 saturated heterocycles. The first-order valence-electron chi connectivity index (χ1n) is 6.80. The minimum Gasteiger partial charge on any atom is -0.352 e. The van der Waals surface area contributed by atoms with E-state index in [1.807, 2.05) is 6.07 Å². The molecule has 0 aliphatic heterocycles. The highest BCUT2D eigenvalue weighted by atomic mass is 127. The van der Waals surface area contributed by atoms with E-state index in [0.29, 0.717) is 30.2 Å². The number of halogens is 2. The van der Waals surface area contributed by atoms with Crippen LogP contribution in [0.1, 0.15) is 20.9 Å². The molecule has 23 heavy (non-hydrogen) atoms. The lowest BCUT2D eigenvalue weighted by atomic mass is 10.1. The van der Waals surface area contributed by atoms with Gasteiger partial charge in [0.25, 0.3) is 0 Å². The average Bonchev–Trinajstić information content (AvgIpc) is 2.94. The monoisotopic (exact) mass is 444 g/mol. The van der Waals surface area contributed by atoms with Gasteiger partial charge in [-0.15, -0.1) is 35.3 Å². The van der Waals surface area contributed by atoms with Crippen LogP contribution in [-0.4, -0.2) is 13.0 Å². The number of guanidine groups is 1. The molecule has 0 radical (unpaired) electrons. The second-order valence-electron chi connectivity index (χ2n) is 4.71. The molecular formula is C16H18FIN4S. The number of nitrogens with zero attached hydrogens (tertiary/aromatic N) is 2. The maximum Gasteiger partial charge on any atom is 0.191 e. The quantitative estimate of drug-likeness (QED) is 0.431. The lowest BCUT2D eigenvalue weighted by molar-refractivity contribution is 0.604. The van der Waals surface area contributed by atoms with Crippen LogP contribution in [0.4, 0.5) is 4.39 Å². The molecule has 7 heteroatoms. The minimum atomic E-state index is -0.393. The largest absolute Gasteiger partial charge is 0.352 e. The molecule has 4 nitrogen and oxygen atoms in total. The molecule has 1 heterocycles. The molecule has 0 atom stereocenters. The molecule has 1 aromatic carbocycles. The highest BCUT2D eigenvalue weighted by Crippen LogP contribution is 2.14. The molecule has 0 aliphatic rings. The van der Waals surface area contributed by atoms with Gasteiger partial charge in [0.2, 0.25) is 0 Å². The van der Waals surface area contributed by atoms with Crippen LogP contribution < -0.4 is 10.6 Å². The smallest absolute Gasteiger partial charge is 0.191 e.